The molecule has 0 N–H and O–H groups in total. The molecule has 6 heteroatoms. The normalized spacial score (nSPS) is 15.8. The van der Waals surface area contributed by atoms with Crippen LogP contribution >= 0.6 is 0 Å². The maximum atomic E-state index is 13.0. The van der Waals surface area contributed by atoms with Crippen LogP contribution in [0.15, 0.2) is 72.8 Å². The van der Waals surface area contributed by atoms with E-state index in [1.54, 1.807) is 7.11 Å². The van der Waals surface area contributed by atoms with Gasteiger partial charge >= 0.3 is 0 Å². The van der Waals surface area contributed by atoms with Crippen LogP contribution in [-0.4, -0.2) is 35.7 Å². The molecule has 6 nitrogen and oxygen atoms in total. The number of carbonyl (C=O) groups is 1. The van der Waals surface area contributed by atoms with E-state index in [4.69, 9.17) is 14.5 Å². The van der Waals surface area contributed by atoms with Crippen molar-refractivity contribution in [3.05, 3.63) is 84.2 Å². The smallest absolute Gasteiger partial charge is 0.227 e. The summed E-state index contributed by atoms with van der Waals surface area (Å²) in [4.78, 5) is 19.8. The Balaban J connectivity index is 1.36. The lowest BCUT2D eigenvalue weighted by Gasteiger charge is -2.19. The van der Waals surface area contributed by atoms with E-state index in [9.17, 15) is 4.79 Å². The highest BCUT2D eigenvalue weighted by Crippen LogP contribution is 2.37. The number of imidazole rings is 1. The molecular formula is C28H29N3O3. The van der Waals surface area contributed by atoms with Crippen molar-refractivity contribution in [1.82, 2.24) is 9.55 Å². The number of rotatable bonds is 8. The SMILES string of the molecule is COc1ccccc1N1C[C@@H](c2nc3ccccc3n2CCCOc2cccc(C)c2)CC1=O. The number of anilines is 1. The third-order valence-electron chi connectivity index (χ3n) is 6.33. The van der Waals surface area contributed by atoms with Gasteiger partial charge in [-0.2, -0.15) is 0 Å². The maximum absolute atomic E-state index is 13.0. The second-order valence-corrected chi connectivity index (χ2v) is 8.71. The number of aryl methyl sites for hydroxylation is 2. The molecule has 0 aliphatic carbocycles. The van der Waals surface area contributed by atoms with Gasteiger partial charge in [-0.3, -0.25) is 4.79 Å². The number of amides is 1. The van der Waals surface area contributed by atoms with Crippen LogP contribution in [0.2, 0.25) is 0 Å². The summed E-state index contributed by atoms with van der Waals surface area (Å²) in [6.45, 7) is 4.05. The van der Waals surface area contributed by atoms with Gasteiger partial charge in [-0.05, 0) is 55.3 Å². The number of aromatic nitrogens is 2. The summed E-state index contributed by atoms with van der Waals surface area (Å²) in [5, 5.41) is 0. The molecule has 0 radical (unpaired) electrons. The predicted molar refractivity (Wildman–Crippen MR) is 134 cm³/mol. The Morgan fingerprint density at radius 2 is 1.85 bits per heavy atom. The fourth-order valence-corrected chi connectivity index (χ4v) is 4.72. The topological polar surface area (TPSA) is 56.6 Å². The average molecular weight is 456 g/mol. The number of carbonyl (C=O) groups excluding carboxylic acids is 1. The molecule has 5 rings (SSSR count). The van der Waals surface area contributed by atoms with Crippen molar-refractivity contribution in [3.8, 4) is 11.5 Å². The number of hydrogen-bond acceptors (Lipinski definition) is 4. The van der Waals surface area contributed by atoms with Crippen LogP contribution in [0.5, 0.6) is 11.5 Å². The van der Waals surface area contributed by atoms with Gasteiger partial charge in [0.1, 0.15) is 17.3 Å². The van der Waals surface area contributed by atoms with Crippen molar-refractivity contribution in [1.29, 1.82) is 0 Å². The highest BCUT2D eigenvalue weighted by Gasteiger charge is 2.35. The minimum absolute atomic E-state index is 0.0162. The monoisotopic (exact) mass is 455 g/mol. The highest BCUT2D eigenvalue weighted by atomic mass is 16.5. The average Bonchev–Trinajstić information content (AvgIpc) is 3.42. The van der Waals surface area contributed by atoms with Gasteiger partial charge in [0.05, 0.1) is 30.4 Å². The second-order valence-electron chi connectivity index (χ2n) is 8.71. The Kier molecular flexibility index (Phi) is 6.21. The molecule has 4 aromatic rings. The van der Waals surface area contributed by atoms with Gasteiger partial charge in [0, 0.05) is 25.4 Å². The van der Waals surface area contributed by atoms with Crippen molar-refractivity contribution >= 4 is 22.6 Å². The van der Waals surface area contributed by atoms with E-state index >= 15 is 0 Å². The van der Waals surface area contributed by atoms with Crippen LogP contribution in [0.3, 0.4) is 0 Å². The number of nitrogens with zero attached hydrogens (tertiary/aromatic N) is 3. The van der Waals surface area contributed by atoms with Crippen LogP contribution in [0.25, 0.3) is 11.0 Å². The standard InChI is InChI=1S/C28H29N3O3/c1-20-9-7-10-22(17-20)34-16-8-15-30-24-12-4-3-11-23(24)29-28(30)21-18-27(32)31(19-21)25-13-5-6-14-26(25)33-2/h3-7,9-14,17,21H,8,15-16,18-19H2,1-2H3/t21-/m0/s1. The molecule has 0 bridgehead atoms. The second kappa shape index (κ2) is 9.59. The van der Waals surface area contributed by atoms with Crippen LogP contribution in [-0.2, 0) is 11.3 Å². The Bertz CT molecular complexity index is 1310. The van der Waals surface area contributed by atoms with Gasteiger partial charge in [-0.25, -0.2) is 4.98 Å². The summed E-state index contributed by atoms with van der Waals surface area (Å²) < 4.78 is 13.7. The highest BCUT2D eigenvalue weighted by molar-refractivity contribution is 5.97. The molecule has 1 aliphatic heterocycles. The van der Waals surface area contributed by atoms with Crippen LogP contribution in [0.1, 0.15) is 30.1 Å². The molecule has 1 atom stereocenters. The van der Waals surface area contributed by atoms with Gasteiger partial charge in [0.15, 0.2) is 0 Å². The van der Waals surface area contributed by atoms with Gasteiger partial charge in [0.25, 0.3) is 0 Å². The molecule has 1 saturated heterocycles. The Labute approximate surface area is 199 Å². The molecular weight excluding hydrogens is 426 g/mol. The number of methoxy groups -OCH3 is 1. The lowest BCUT2D eigenvalue weighted by atomic mass is 10.1. The summed E-state index contributed by atoms with van der Waals surface area (Å²) in [6, 6.07) is 24.0. The Morgan fingerprint density at radius 1 is 1.03 bits per heavy atom. The molecule has 3 aromatic carbocycles. The summed E-state index contributed by atoms with van der Waals surface area (Å²) >= 11 is 0. The fourth-order valence-electron chi connectivity index (χ4n) is 4.72. The minimum atomic E-state index is 0.0162. The van der Waals surface area contributed by atoms with Crippen LogP contribution < -0.4 is 14.4 Å². The van der Waals surface area contributed by atoms with E-state index in [0.29, 0.717) is 25.3 Å². The molecule has 0 spiro atoms. The number of ether oxygens (including phenoxy) is 2. The summed E-state index contributed by atoms with van der Waals surface area (Å²) in [5.41, 5.74) is 4.05. The molecule has 174 valence electrons. The van der Waals surface area contributed by atoms with E-state index in [-0.39, 0.29) is 11.8 Å². The third kappa shape index (κ3) is 4.36. The summed E-state index contributed by atoms with van der Waals surface area (Å²) in [7, 11) is 1.63. The van der Waals surface area contributed by atoms with E-state index in [0.717, 1.165) is 41.3 Å². The molecule has 1 fully saturated rings. The third-order valence-corrected chi connectivity index (χ3v) is 6.33. The molecule has 1 aromatic heterocycles. The molecule has 2 heterocycles. The van der Waals surface area contributed by atoms with E-state index in [2.05, 4.69) is 29.7 Å². The molecule has 1 aliphatic rings. The number of para-hydroxylation sites is 4. The zero-order valence-corrected chi connectivity index (χ0v) is 19.6. The van der Waals surface area contributed by atoms with Crippen molar-refractivity contribution < 1.29 is 14.3 Å². The fraction of sp³-hybridized carbons (Fsp3) is 0.286. The first kappa shape index (κ1) is 22.0. The van der Waals surface area contributed by atoms with Crippen molar-refractivity contribution in [3.63, 3.8) is 0 Å². The Hall–Kier alpha value is -3.80. The van der Waals surface area contributed by atoms with Crippen molar-refractivity contribution in [2.24, 2.45) is 0 Å². The maximum Gasteiger partial charge on any atom is 0.227 e. The van der Waals surface area contributed by atoms with Crippen molar-refractivity contribution in [2.75, 3.05) is 25.2 Å². The molecule has 0 saturated carbocycles. The quantitative estimate of drug-likeness (QED) is 0.337. The van der Waals surface area contributed by atoms with Gasteiger partial charge in [0.2, 0.25) is 5.91 Å². The minimum Gasteiger partial charge on any atom is -0.495 e. The van der Waals surface area contributed by atoms with Gasteiger partial charge in [-0.15, -0.1) is 0 Å². The molecule has 1 amide bonds. The first-order chi connectivity index (χ1) is 16.6. The first-order valence-corrected chi connectivity index (χ1v) is 11.7. The zero-order valence-electron chi connectivity index (χ0n) is 19.6. The van der Waals surface area contributed by atoms with Gasteiger partial charge in [-0.1, -0.05) is 36.4 Å². The summed E-state index contributed by atoms with van der Waals surface area (Å²) in [6.07, 6.45) is 1.28. The lowest BCUT2D eigenvalue weighted by molar-refractivity contribution is -0.117. The van der Waals surface area contributed by atoms with Crippen LogP contribution in [0.4, 0.5) is 5.69 Å². The predicted octanol–water partition coefficient (Wildman–Crippen LogP) is 5.34. The van der Waals surface area contributed by atoms with E-state index < -0.39 is 0 Å². The van der Waals surface area contributed by atoms with Crippen molar-refractivity contribution in [2.45, 2.75) is 32.2 Å². The van der Waals surface area contributed by atoms with Gasteiger partial charge < -0.3 is 18.9 Å². The molecule has 0 unspecified atom stereocenters. The number of fused-ring (bicyclic) bond motifs is 1. The largest absolute Gasteiger partial charge is 0.495 e. The first-order valence-electron chi connectivity index (χ1n) is 11.7. The van der Waals surface area contributed by atoms with Crippen LogP contribution in [0, 0.1) is 6.92 Å². The zero-order chi connectivity index (χ0) is 23.5. The Morgan fingerprint density at radius 3 is 2.71 bits per heavy atom. The molecule has 34 heavy (non-hydrogen) atoms. The number of benzene rings is 3. The summed E-state index contributed by atoms with van der Waals surface area (Å²) in [5.74, 6) is 2.67. The van der Waals surface area contributed by atoms with E-state index in [1.165, 1.54) is 5.56 Å². The number of hydrogen-bond donors (Lipinski definition) is 0. The lowest BCUT2D eigenvalue weighted by Crippen LogP contribution is -2.25. The van der Waals surface area contributed by atoms with E-state index in [1.807, 2.05) is 59.5 Å².